The summed E-state index contributed by atoms with van der Waals surface area (Å²) < 4.78 is 10.1. The third-order valence-electron chi connectivity index (χ3n) is 6.44. The fourth-order valence-corrected chi connectivity index (χ4v) is 5.40. The number of nitrogens with zero attached hydrogens (tertiary/aromatic N) is 5. The Morgan fingerprint density at radius 1 is 1.11 bits per heavy atom. The minimum absolute atomic E-state index is 0.0962. The van der Waals surface area contributed by atoms with Gasteiger partial charge in [0.1, 0.15) is 0 Å². The quantitative estimate of drug-likeness (QED) is 0.245. The number of aryl methyl sites for hydroxylation is 1. The number of aromatic nitrogens is 5. The highest BCUT2D eigenvalue weighted by Gasteiger charge is 2.22. The summed E-state index contributed by atoms with van der Waals surface area (Å²) in [5.74, 6) is 1.13. The third kappa shape index (κ3) is 5.23. The molecule has 0 radical (unpaired) electrons. The molecule has 0 aliphatic carbocycles. The van der Waals surface area contributed by atoms with Gasteiger partial charge in [-0.15, -0.1) is 10.2 Å². The molecule has 0 unspecified atom stereocenters. The maximum absolute atomic E-state index is 13.3. The molecule has 1 fully saturated rings. The molecule has 5 rings (SSSR count). The number of benzene rings is 1. The number of thioether (sulfide) groups is 1. The van der Waals surface area contributed by atoms with E-state index >= 15 is 0 Å². The van der Waals surface area contributed by atoms with Crippen LogP contribution >= 0.6 is 11.8 Å². The molecule has 8 heteroatoms. The average molecular weight is 488 g/mol. The molecule has 1 saturated heterocycles. The van der Waals surface area contributed by atoms with E-state index in [1.54, 1.807) is 12.4 Å². The van der Waals surface area contributed by atoms with Gasteiger partial charge >= 0.3 is 0 Å². The first-order valence-electron chi connectivity index (χ1n) is 11.9. The van der Waals surface area contributed by atoms with E-state index in [0.717, 1.165) is 59.9 Å². The topological polar surface area (TPSA) is 74.8 Å². The number of carbonyl (C=O) groups is 1. The second-order valence-electron chi connectivity index (χ2n) is 8.86. The maximum Gasteiger partial charge on any atom is 0.192 e. The Morgan fingerprint density at radius 3 is 2.71 bits per heavy atom. The molecule has 4 heterocycles. The first-order valence-corrected chi connectivity index (χ1v) is 12.9. The highest BCUT2D eigenvalue weighted by Crippen LogP contribution is 2.27. The number of ketones is 1. The van der Waals surface area contributed by atoms with Crippen LogP contribution in [0.15, 0.2) is 66.1 Å². The van der Waals surface area contributed by atoms with Crippen LogP contribution in [0.25, 0.3) is 11.4 Å². The van der Waals surface area contributed by atoms with Crippen LogP contribution in [-0.2, 0) is 17.8 Å². The Bertz CT molecular complexity index is 1290. The lowest BCUT2D eigenvalue weighted by Crippen LogP contribution is -2.17. The molecule has 4 aromatic rings. The molecule has 7 nitrogen and oxygen atoms in total. The van der Waals surface area contributed by atoms with E-state index in [2.05, 4.69) is 43.4 Å². The van der Waals surface area contributed by atoms with Gasteiger partial charge < -0.3 is 9.30 Å². The average Bonchev–Trinajstić information content (AvgIpc) is 3.61. The summed E-state index contributed by atoms with van der Waals surface area (Å²) in [5.41, 5.74) is 4.91. The standard InChI is InChI=1S/C27H29N5O2S/c1-19-14-24(20(2)31(19)17-23-11-7-13-34-23)25(33)18-35-27-30-29-26(22-10-6-12-28-15-22)32(27)16-21-8-4-3-5-9-21/h3-6,8-10,12,14-15,23H,7,11,13,16-18H2,1-2H3/t23-/m0/s1. The fraction of sp³-hybridized carbons (Fsp3) is 0.333. The SMILES string of the molecule is Cc1cc(C(=O)CSc2nnc(-c3cccnc3)n2Cc2ccccc2)c(C)n1C[C@@H]1CCCO1. The van der Waals surface area contributed by atoms with Crippen LogP contribution in [0, 0.1) is 13.8 Å². The number of pyridine rings is 1. The van der Waals surface area contributed by atoms with Crippen molar-refractivity contribution in [1.29, 1.82) is 0 Å². The van der Waals surface area contributed by atoms with Crippen LogP contribution in [0.4, 0.5) is 0 Å². The number of hydrogen-bond acceptors (Lipinski definition) is 6. The van der Waals surface area contributed by atoms with Crippen molar-refractivity contribution >= 4 is 17.5 Å². The largest absolute Gasteiger partial charge is 0.376 e. The van der Waals surface area contributed by atoms with Gasteiger partial charge in [-0.1, -0.05) is 42.1 Å². The van der Waals surface area contributed by atoms with Crippen molar-refractivity contribution in [1.82, 2.24) is 24.3 Å². The summed E-state index contributed by atoms with van der Waals surface area (Å²) in [6.45, 7) is 6.33. The third-order valence-corrected chi connectivity index (χ3v) is 7.40. The molecule has 180 valence electrons. The van der Waals surface area contributed by atoms with Gasteiger partial charge in [-0.05, 0) is 50.5 Å². The summed E-state index contributed by atoms with van der Waals surface area (Å²) in [7, 11) is 0. The van der Waals surface area contributed by atoms with Gasteiger partial charge in [-0.3, -0.25) is 14.3 Å². The van der Waals surface area contributed by atoms with E-state index in [0.29, 0.717) is 17.5 Å². The predicted octanol–water partition coefficient (Wildman–Crippen LogP) is 4.96. The Kier molecular flexibility index (Phi) is 7.11. The van der Waals surface area contributed by atoms with Gasteiger partial charge in [-0.25, -0.2) is 0 Å². The summed E-state index contributed by atoms with van der Waals surface area (Å²) in [5, 5.41) is 9.61. The smallest absolute Gasteiger partial charge is 0.192 e. The van der Waals surface area contributed by atoms with E-state index in [-0.39, 0.29) is 11.9 Å². The Morgan fingerprint density at radius 2 is 1.97 bits per heavy atom. The van der Waals surface area contributed by atoms with E-state index in [1.807, 2.05) is 43.3 Å². The second kappa shape index (κ2) is 10.6. The monoisotopic (exact) mass is 487 g/mol. The van der Waals surface area contributed by atoms with Crippen LogP contribution in [0.1, 0.15) is 40.2 Å². The molecule has 0 amide bonds. The minimum atomic E-state index is 0.0962. The van der Waals surface area contributed by atoms with E-state index in [9.17, 15) is 4.79 Å². The molecule has 0 saturated carbocycles. The Labute approximate surface area is 209 Å². The lowest BCUT2D eigenvalue weighted by Gasteiger charge is -2.14. The van der Waals surface area contributed by atoms with Crippen molar-refractivity contribution in [3.8, 4) is 11.4 Å². The summed E-state index contributed by atoms with van der Waals surface area (Å²) in [4.78, 5) is 17.5. The molecule has 0 spiro atoms. The van der Waals surface area contributed by atoms with Gasteiger partial charge in [0.2, 0.25) is 0 Å². The highest BCUT2D eigenvalue weighted by molar-refractivity contribution is 7.99. The van der Waals surface area contributed by atoms with Crippen LogP contribution in [-0.4, -0.2) is 48.6 Å². The van der Waals surface area contributed by atoms with Crippen LogP contribution in [0.5, 0.6) is 0 Å². The molecule has 1 aliphatic heterocycles. The van der Waals surface area contributed by atoms with Crippen molar-refractivity contribution in [2.75, 3.05) is 12.4 Å². The van der Waals surface area contributed by atoms with Gasteiger partial charge in [0.25, 0.3) is 0 Å². The Hall–Kier alpha value is -3.23. The van der Waals surface area contributed by atoms with Gasteiger partial charge in [0.05, 0.1) is 18.4 Å². The fourth-order valence-electron chi connectivity index (χ4n) is 4.58. The molecule has 1 aliphatic rings. The zero-order valence-corrected chi connectivity index (χ0v) is 20.9. The zero-order valence-electron chi connectivity index (χ0n) is 20.1. The predicted molar refractivity (Wildman–Crippen MR) is 137 cm³/mol. The van der Waals surface area contributed by atoms with E-state index in [4.69, 9.17) is 4.74 Å². The van der Waals surface area contributed by atoms with Gasteiger partial charge in [-0.2, -0.15) is 0 Å². The number of Topliss-reactive ketones (excluding diaryl/α,β-unsaturated/α-hetero) is 1. The molecule has 0 N–H and O–H groups in total. The minimum Gasteiger partial charge on any atom is -0.376 e. The van der Waals surface area contributed by atoms with Crippen molar-refractivity contribution in [3.05, 3.63) is 83.4 Å². The van der Waals surface area contributed by atoms with Crippen molar-refractivity contribution in [3.63, 3.8) is 0 Å². The molecule has 35 heavy (non-hydrogen) atoms. The van der Waals surface area contributed by atoms with Crippen LogP contribution in [0.2, 0.25) is 0 Å². The lowest BCUT2D eigenvalue weighted by atomic mass is 10.2. The lowest BCUT2D eigenvalue weighted by molar-refractivity contribution is 0.0957. The van der Waals surface area contributed by atoms with E-state index < -0.39 is 0 Å². The maximum atomic E-state index is 13.3. The second-order valence-corrected chi connectivity index (χ2v) is 9.80. The molecular weight excluding hydrogens is 458 g/mol. The zero-order chi connectivity index (χ0) is 24.2. The van der Waals surface area contributed by atoms with Crippen LogP contribution in [0.3, 0.4) is 0 Å². The van der Waals surface area contributed by atoms with E-state index in [1.165, 1.54) is 11.8 Å². The highest BCUT2D eigenvalue weighted by atomic mass is 32.2. The molecule has 3 aromatic heterocycles. The molecule has 1 atom stereocenters. The first kappa shape index (κ1) is 23.5. The molecule has 0 bridgehead atoms. The molecular formula is C27H29N5O2S. The molecule has 1 aromatic carbocycles. The van der Waals surface area contributed by atoms with Gasteiger partial charge in [0, 0.05) is 48.1 Å². The van der Waals surface area contributed by atoms with Gasteiger partial charge in [0.15, 0.2) is 16.8 Å². The number of rotatable bonds is 9. The first-order chi connectivity index (χ1) is 17.1. The summed E-state index contributed by atoms with van der Waals surface area (Å²) in [6, 6.07) is 16.1. The van der Waals surface area contributed by atoms with Crippen molar-refractivity contribution < 1.29 is 9.53 Å². The number of carbonyl (C=O) groups excluding carboxylic acids is 1. The number of ether oxygens (including phenoxy) is 1. The summed E-state index contributed by atoms with van der Waals surface area (Å²) >= 11 is 1.43. The summed E-state index contributed by atoms with van der Waals surface area (Å²) in [6.07, 6.45) is 5.95. The number of hydrogen-bond donors (Lipinski definition) is 0. The normalized spacial score (nSPS) is 15.5. The Balaban J connectivity index is 1.36. The van der Waals surface area contributed by atoms with Crippen molar-refractivity contribution in [2.45, 2.75) is 51.0 Å². The van der Waals surface area contributed by atoms with Crippen LogP contribution < -0.4 is 0 Å². The van der Waals surface area contributed by atoms with Crippen molar-refractivity contribution in [2.24, 2.45) is 0 Å².